The van der Waals surface area contributed by atoms with E-state index in [0.29, 0.717) is 25.5 Å². The van der Waals surface area contributed by atoms with Crippen LogP contribution < -0.4 is 0 Å². The van der Waals surface area contributed by atoms with E-state index in [4.69, 9.17) is 0 Å². The molecule has 1 atom stereocenters. The van der Waals surface area contributed by atoms with Crippen molar-refractivity contribution in [3.63, 3.8) is 0 Å². The van der Waals surface area contributed by atoms with Crippen molar-refractivity contribution in [1.82, 2.24) is 0 Å². The van der Waals surface area contributed by atoms with Crippen LogP contribution in [0, 0.1) is 0 Å². The SMILES string of the molecule is O=CCC1(O)CCCC(=O)C1. The number of hydrogen-bond donors (Lipinski definition) is 1. The van der Waals surface area contributed by atoms with Gasteiger partial charge in [-0.2, -0.15) is 0 Å². The lowest BCUT2D eigenvalue weighted by molar-refractivity contribution is -0.129. The van der Waals surface area contributed by atoms with Crippen molar-refractivity contribution in [2.45, 2.75) is 37.7 Å². The molecule has 1 unspecified atom stereocenters. The molecule has 0 heterocycles. The summed E-state index contributed by atoms with van der Waals surface area (Å²) in [5, 5.41) is 9.59. The number of aldehydes is 1. The van der Waals surface area contributed by atoms with Gasteiger partial charge < -0.3 is 9.90 Å². The highest BCUT2D eigenvalue weighted by molar-refractivity contribution is 5.80. The average molecular weight is 156 g/mol. The van der Waals surface area contributed by atoms with E-state index >= 15 is 0 Å². The molecule has 1 N–H and O–H groups in total. The molecule has 3 nitrogen and oxygen atoms in total. The molecule has 1 aliphatic rings. The summed E-state index contributed by atoms with van der Waals surface area (Å²) >= 11 is 0. The van der Waals surface area contributed by atoms with E-state index in [1.54, 1.807) is 0 Å². The van der Waals surface area contributed by atoms with Crippen molar-refractivity contribution in [3.8, 4) is 0 Å². The standard InChI is InChI=1S/C8H12O3/c9-5-4-8(11)3-1-2-7(10)6-8/h5,11H,1-4,6H2. The van der Waals surface area contributed by atoms with Crippen LogP contribution in [0.3, 0.4) is 0 Å². The predicted molar refractivity (Wildman–Crippen MR) is 39.1 cm³/mol. The molecular formula is C8H12O3. The maximum atomic E-state index is 10.9. The van der Waals surface area contributed by atoms with E-state index in [2.05, 4.69) is 0 Å². The van der Waals surface area contributed by atoms with Gasteiger partial charge >= 0.3 is 0 Å². The summed E-state index contributed by atoms with van der Waals surface area (Å²) in [5.74, 6) is 0.0700. The highest BCUT2D eigenvalue weighted by Crippen LogP contribution is 2.27. The molecule has 0 bridgehead atoms. The maximum Gasteiger partial charge on any atom is 0.135 e. The van der Waals surface area contributed by atoms with E-state index in [0.717, 1.165) is 0 Å². The fourth-order valence-corrected chi connectivity index (χ4v) is 1.49. The van der Waals surface area contributed by atoms with Gasteiger partial charge in [0.2, 0.25) is 0 Å². The van der Waals surface area contributed by atoms with E-state index in [1.807, 2.05) is 0 Å². The number of aliphatic hydroxyl groups is 1. The monoisotopic (exact) mass is 156 g/mol. The largest absolute Gasteiger partial charge is 0.389 e. The molecule has 0 saturated heterocycles. The van der Waals surface area contributed by atoms with E-state index in [9.17, 15) is 14.7 Å². The zero-order valence-electron chi connectivity index (χ0n) is 6.38. The third-order valence-electron chi connectivity index (χ3n) is 2.09. The van der Waals surface area contributed by atoms with Gasteiger partial charge in [0.15, 0.2) is 0 Å². The highest BCUT2D eigenvalue weighted by Gasteiger charge is 2.32. The van der Waals surface area contributed by atoms with Gasteiger partial charge in [-0.15, -0.1) is 0 Å². The van der Waals surface area contributed by atoms with E-state index in [-0.39, 0.29) is 18.6 Å². The molecule has 0 aromatic rings. The van der Waals surface area contributed by atoms with Gasteiger partial charge in [-0.1, -0.05) is 0 Å². The van der Waals surface area contributed by atoms with Gasteiger partial charge in [0, 0.05) is 19.3 Å². The first-order valence-electron chi connectivity index (χ1n) is 3.84. The third-order valence-corrected chi connectivity index (χ3v) is 2.09. The molecule has 0 radical (unpaired) electrons. The van der Waals surface area contributed by atoms with Crippen molar-refractivity contribution < 1.29 is 14.7 Å². The van der Waals surface area contributed by atoms with E-state index in [1.165, 1.54) is 0 Å². The Bertz CT molecular complexity index is 176. The smallest absolute Gasteiger partial charge is 0.135 e. The van der Waals surface area contributed by atoms with Crippen LogP contribution in [0.1, 0.15) is 32.1 Å². The van der Waals surface area contributed by atoms with Crippen LogP contribution in [0.25, 0.3) is 0 Å². The molecule has 0 aromatic carbocycles. The predicted octanol–water partition coefficient (Wildman–Crippen LogP) is 0.450. The summed E-state index contributed by atoms with van der Waals surface area (Å²) in [6.07, 6.45) is 2.78. The summed E-state index contributed by atoms with van der Waals surface area (Å²) in [6.45, 7) is 0. The molecule has 0 amide bonds. The Kier molecular flexibility index (Phi) is 2.39. The fraction of sp³-hybridized carbons (Fsp3) is 0.750. The second-order valence-corrected chi connectivity index (χ2v) is 3.16. The van der Waals surface area contributed by atoms with Gasteiger partial charge in [0.05, 0.1) is 5.60 Å². The Balaban J connectivity index is 2.54. The van der Waals surface area contributed by atoms with E-state index < -0.39 is 5.60 Å². The molecule has 0 aliphatic heterocycles. The molecule has 62 valence electrons. The first-order valence-corrected chi connectivity index (χ1v) is 3.84. The molecule has 3 heteroatoms. The minimum atomic E-state index is -1.02. The number of carbonyl (C=O) groups is 2. The Hall–Kier alpha value is -0.700. The zero-order chi connectivity index (χ0) is 8.32. The molecular weight excluding hydrogens is 144 g/mol. The second kappa shape index (κ2) is 3.13. The molecule has 1 saturated carbocycles. The van der Waals surface area contributed by atoms with Crippen LogP contribution in [0.5, 0.6) is 0 Å². The van der Waals surface area contributed by atoms with Crippen LogP contribution >= 0.6 is 0 Å². The Morgan fingerprint density at radius 3 is 2.91 bits per heavy atom. The van der Waals surface area contributed by atoms with Crippen molar-refractivity contribution in [1.29, 1.82) is 0 Å². The van der Waals surface area contributed by atoms with Crippen molar-refractivity contribution >= 4 is 12.1 Å². The van der Waals surface area contributed by atoms with Gasteiger partial charge in [-0.25, -0.2) is 0 Å². The summed E-state index contributed by atoms with van der Waals surface area (Å²) in [5.41, 5.74) is -1.02. The number of carbonyl (C=O) groups excluding carboxylic acids is 2. The fourth-order valence-electron chi connectivity index (χ4n) is 1.49. The summed E-state index contributed by atoms with van der Waals surface area (Å²) in [6, 6.07) is 0. The van der Waals surface area contributed by atoms with Gasteiger partial charge in [-0.3, -0.25) is 4.79 Å². The molecule has 1 rings (SSSR count). The maximum absolute atomic E-state index is 10.9. The van der Waals surface area contributed by atoms with Crippen LogP contribution in [-0.2, 0) is 9.59 Å². The lowest BCUT2D eigenvalue weighted by Crippen LogP contribution is -2.35. The first kappa shape index (κ1) is 8.40. The Labute approximate surface area is 65.4 Å². The summed E-state index contributed by atoms with van der Waals surface area (Å²) in [4.78, 5) is 21.0. The highest BCUT2D eigenvalue weighted by atomic mass is 16.3. The van der Waals surface area contributed by atoms with Gasteiger partial charge in [-0.05, 0) is 12.8 Å². The second-order valence-electron chi connectivity index (χ2n) is 3.16. The first-order chi connectivity index (χ1) is 5.16. The molecule has 11 heavy (non-hydrogen) atoms. The Morgan fingerprint density at radius 1 is 1.64 bits per heavy atom. The van der Waals surface area contributed by atoms with Crippen LogP contribution in [0.15, 0.2) is 0 Å². The number of ketones is 1. The van der Waals surface area contributed by atoms with Crippen LogP contribution in [0.4, 0.5) is 0 Å². The lowest BCUT2D eigenvalue weighted by atomic mass is 9.82. The van der Waals surface area contributed by atoms with Crippen molar-refractivity contribution in [3.05, 3.63) is 0 Å². The van der Waals surface area contributed by atoms with Gasteiger partial charge in [0.25, 0.3) is 0 Å². The molecule has 0 aromatic heterocycles. The summed E-state index contributed by atoms with van der Waals surface area (Å²) in [7, 11) is 0. The van der Waals surface area contributed by atoms with Crippen molar-refractivity contribution in [2.75, 3.05) is 0 Å². The average Bonchev–Trinajstić information content (AvgIpc) is 1.86. The minimum Gasteiger partial charge on any atom is -0.389 e. The zero-order valence-corrected chi connectivity index (χ0v) is 6.38. The topological polar surface area (TPSA) is 54.4 Å². The lowest BCUT2D eigenvalue weighted by Gasteiger charge is -2.28. The molecule has 1 fully saturated rings. The van der Waals surface area contributed by atoms with Gasteiger partial charge in [0.1, 0.15) is 12.1 Å². The minimum absolute atomic E-state index is 0.0700. The van der Waals surface area contributed by atoms with Crippen molar-refractivity contribution in [2.24, 2.45) is 0 Å². The quantitative estimate of drug-likeness (QED) is 0.590. The normalized spacial score (nSPS) is 31.9. The van der Waals surface area contributed by atoms with Crippen LogP contribution in [-0.4, -0.2) is 22.8 Å². The third kappa shape index (κ3) is 2.12. The number of hydrogen-bond acceptors (Lipinski definition) is 3. The number of Topliss-reactive ketones (excluding diaryl/α,β-unsaturated/α-hetero) is 1. The number of rotatable bonds is 2. The summed E-state index contributed by atoms with van der Waals surface area (Å²) < 4.78 is 0. The Morgan fingerprint density at radius 2 is 2.36 bits per heavy atom. The molecule has 1 aliphatic carbocycles. The van der Waals surface area contributed by atoms with Crippen LogP contribution in [0.2, 0.25) is 0 Å². The molecule has 0 spiro atoms.